The van der Waals surface area contributed by atoms with Crippen molar-refractivity contribution in [3.05, 3.63) is 35.8 Å². The van der Waals surface area contributed by atoms with Gasteiger partial charge in [-0.05, 0) is 30.3 Å². The molecule has 2 aromatic rings. The van der Waals surface area contributed by atoms with Crippen molar-refractivity contribution in [2.24, 2.45) is 7.05 Å². The van der Waals surface area contributed by atoms with E-state index in [1.54, 1.807) is 6.07 Å². The van der Waals surface area contributed by atoms with Gasteiger partial charge in [0.15, 0.2) is 0 Å². The molecular formula is C12H15FN2. The molecule has 1 aromatic carbocycles. The summed E-state index contributed by atoms with van der Waals surface area (Å²) in [5, 5.41) is 4.40. The summed E-state index contributed by atoms with van der Waals surface area (Å²) in [6.45, 7) is 3.85. The average molecular weight is 206 g/mol. The lowest BCUT2D eigenvalue weighted by Gasteiger charge is -1.99. The van der Waals surface area contributed by atoms with E-state index >= 15 is 0 Å². The Morgan fingerprint density at radius 2 is 2.20 bits per heavy atom. The van der Waals surface area contributed by atoms with E-state index in [0.29, 0.717) is 0 Å². The van der Waals surface area contributed by atoms with Gasteiger partial charge < -0.3 is 9.88 Å². The Morgan fingerprint density at radius 3 is 2.93 bits per heavy atom. The van der Waals surface area contributed by atoms with Gasteiger partial charge in [-0.1, -0.05) is 6.92 Å². The van der Waals surface area contributed by atoms with Gasteiger partial charge >= 0.3 is 0 Å². The first-order valence-corrected chi connectivity index (χ1v) is 5.16. The Labute approximate surface area is 88.7 Å². The number of nitrogens with one attached hydrogen (secondary N) is 1. The molecule has 0 aliphatic carbocycles. The molecule has 1 aromatic heterocycles. The van der Waals surface area contributed by atoms with Crippen LogP contribution in [0, 0.1) is 5.82 Å². The summed E-state index contributed by atoms with van der Waals surface area (Å²) in [5.41, 5.74) is 2.16. The number of hydrogen-bond donors (Lipinski definition) is 1. The summed E-state index contributed by atoms with van der Waals surface area (Å²) in [5.74, 6) is -0.182. The van der Waals surface area contributed by atoms with Crippen LogP contribution >= 0.6 is 0 Å². The van der Waals surface area contributed by atoms with Crippen LogP contribution in [-0.4, -0.2) is 11.1 Å². The zero-order chi connectivity index (χ0) is 10.8. The Morgan fingerprint density at radius 1 is 1.40 bits per heavy atom. The number of halogens is 1. The second-order valence-electron chi connectivity index (χ2n) is 3.71. The van der Waals surface area contributed by atoms with Crippen molar-refractivity contribution in [1.82, 2.24) is 9.88 Å². The van der Waals surface area contributed by atoms with E-state index in [9.17, 15) is 4.39 Å². The first kappa shape index (κ1) is 10.2. The van der Waals surface area contributed by atoms with Gasteiger partial charge in [0, 0.05) is 25.2 Å². The Bertz CT molecular complexity index is 474. The van der Waals surface area contributed by atoms with Gasteiger partial charge in [-0.15, -0.1) is 0 Å². The molecule has 0 saturated carbocycles. The molecule has 0 bridgehead atoms. The van der Waals surface area contributed by atoms with E-state index in [1.165, 1.54) is 11.6 Å². The number of fused-ring (bicyclic) bond motifs is 1. The van der Waals surface area contributed by atoms with E-state index in [4.69, 9.17) is 0 Å². The van der Waals surface area contributed by atoms with E-state index in [0.717, 1.165) is 24.0 Å². The highest BCUT2D eigenvalue weighted by Crippen LogP contribution is 2.21. The Kier molecular flexibility index (Phi) is 2.73. The third kappa shape index (κ3) is 1.88. The van der Waals surface area contributed by atoms with Gasteiger partial charge in [-0.25, -0.2) is 4.39 Å². The highest BCUT2D eigenvalue weighted by Gasteiger charge is 2.06. The monoisotopic (exact) mass is 206 g/mol. The largest absolute Gasteiger partial charge is 0.350 e. The zero-order valence-electron chi connectivity index (χ0n) is 9.05. The van der Waals surface area contributed by atoms with Crippen molar-refractivity contribution < 1.29 is 4.39 Å². The van der Waals surface area contributed by atoms with Crippen LogP contribution in [0.25, 0.3) is 10.9 Å². The predicted octanol–water partition coefficient (Wildman–Crippen LogP) is 2.43. The minimum atomic E-state index is -0.182. The molecule has 0 spiro atoms. The van der Waals surface area contributed by atoms with E-state index in [1.807, 2.05) is 23.9 Å². The second kappa shape index (κ2) is 4.03. The van der Waals surface area contributed by atoms with Crippen molar-refractivity contribution in [2.45, 2.75) is 13.5 Å². The fraction of sp³-hybridized carbons (Fsp3) is 0.333. The first-order chi connectivity index (χ1) is 7.22. The molecule has 0 atom stereocenters. The minimum Gasteiger partial charge on any atom is -0.350 e. The maximum absolute atomic E-state index is 13.0. The number of nitrogens with zero attached hydrogens (tertiary/aromatic N) is 1. The molecule has 2 nitrogen and oxygen atoms in total. The lowest BCUT2D eigenvalue weighted by Crippen LogP contribution is -2.11. The lowest BCUT2D eigenvalue weighted by atomic mass is 10.2. The topological polar surface area (TPSA) is 17.0 Å². The zero-order valence-corrected chi connectivity index (χ0v) is 9.05. The van der Waals surface area contributed by atoms with Crippen molar-refractivity contribution in [3.8, 4) is 0 Å². The number of aryl methyl sites for hydroxylation is 1. The maximum atomic E-state index is 13.0. The Hall–Kier alpha value is -1.35. The van der Waals surface area contributed by atoms with Crippen LogP contribution in [-0.2, 0) is 13.6 Å². The summed E-state index contributed by atoms with van der Waals surface area (Å²) in [6, 6.07) is 4.93. The average Bonchev–Trinajstić information content (AvgIpc) is 2.53. The van der Waals surface area contributed by atoms with Gasteiger partial charge in [0.1, 0.15) is 5.82 Å². The van der Waals surface area contributed by atoms with Gasteiger partial charge in [0.05, 0.1) is 5.52 Å². The van der Waals surface area contributed by atoms with Gasteiger partial charge in [0.25, 0.3) is 0 Å². The minimum absolute atomic E-state index is 0.182. The molecular weight excluding hydrogens is 191 g/mol. The van der Waals surface area contributed by atoms with Crippen molar-refractivity contribution in [1.29, 1.82) is 0 Å². The molecule has 0 amide bonds. The van der Waals surface area contributed by atoms with Crippen molar-refractivity contribution in [2.75, 3.05) is 6.54 Å². The molecule has 0 saturated heterocycles. The molecule has 0 radical (unpaired) electrons. The summed E-state index contributed by atoms with van der Waals surface area (Å²) < 4.78 is 15.0. The van der Waals surface area contributed by atoms with Crippen LogP contribution in [0.15, 0.2) is 24.4 Å². The summed E-state index contributed by atoms with van der Waals surface area (Å²) >= 11 is 0. The summed E-state index contributed by atoms with van der Waals surface area (Å²) in [4.78, 5) is 0. The molecule has 0 aliphatic heterocycles. The lowest BCUT2D eigenvalue weighted by molar-refractivity contribution is 0.629. The van der Waals surface area contributed by atoms with Gasteiger partial charge in [-0.3, -0.25) is 0 Å². The number of aromatic nitrogens is 1. The normalized spacial score (nSPS) is 11.1. The molecule has 3 heteroatoms. The SMILES string of the molecule is CCNCc1cn(C)c2cc(F)ccc12. The van der Waals surface area contributed by atoms with Crippen molar-refractivity contribution >= 4 is 10.9 Å². The Balaban J connectivity index is 2.48. The van der Waals surface area contributed by atoms with Crippen LogP contribution < -0.4 is 5.32 Å². The van der Waals surface area contributed by atoms with Crippen LogP contribution in [0.4, 0.5) is 4.39 Å². The molecule has 80 valence electrons. The number of hydrogen-bond acceptors (Lipinski definition) is 1. The molecule has 0 fully saturated rings. The van der Waals surface area contributed by atoms with E-state index < -0.39 is 0 Å². The fourth-order valence-corrected chi connectivity index (χ4v) is 1.84. The van der Waals surface area contributed by atoms with E-state index in [2.05, 4.69) is 12.2 Å². The molecule has 1 heterocycles. The number of benzene rings is 1. The van der Waals surface area contributed by atoms with Crippen LogP contribution in [0.5, 0.6) is 0 Å². The van der Waals surface area contributed by atoms with E-state index in [-0.39, 0.29) is 5.82 Å². The van der Waals surface area contributed by atoms with Crippen LogP contribution in [0.2, 0.25) is 0 Å². The first-order valence-electron chi connectivity index (χ1n) is 5.16. The highest BCUT2D eigenvalue weighted by atomic mass is 19.1. The van der Waals surface area contributed by atoms with Crippen LogP contribution in [0.3, 0.4) is 0 Å². The molecule has 1 N–H and O–H groups in total. The quantitative estimate of drug-likeness (QED) is 0.816. The van der Waals surface area contributed by atoms with Crippen molar-refractivity contribution in [3.63, 3.8) is 0 Å². The molecule has 0 unspecified atom stereocenters. The molecule has 2 rings (SSSR count). The van der Waals surface area contributed by atoms with Gasteiger partial charge in [0.2, 0.25) is 0 Å². The highest BCUT2D eigenvalue weighted by molar-refractivity contribution is 5.83. The van der Waals surface area contributed by atoms with Gasteiger partial charge in [-0.2, -0.15) is 0 Å². The third-order valence-corrected chi connectivity index (χ3v) is 2.60. The second-order valence-corrected chi connectivity index (χ2v) is 3.71. The molecule has 0 aliphatic rings. The van der Waals surface area contributed by atoms with Crippen LogP contribution in [0.1, 0.15) is 12.5 Å². The number of rotatable bonds is 3. The maximum Gasteiger partial charge on any atom is 0.125 e. The standard InChI is InChI=1S/C12H15FN2/c1-3-14-7-9-8-15(2)12-6-10(13)4-5-11(9)12/h4-6,8,14H,3,7H2,1-2H3. The third-order valence-electron chi connectivity index (χ3n) is 2.60. The smallest absolute Gasteiger partial charge is 0.125 e. The summed E-state index contributed by atoms with van der Waals surface area (Å²) in [6.07, 6.45) is 2.05. The summed E-state index contributed by atoms with van der Waals surface area (Å²) in [7, 11) is 1.94. The molecule has 15 heavy (non-hydrogen) atoms. The fourth-order valence-electron chi connectivity index (χ4n) is 1.84. The predicted molar refractivity (Wildman–Crippen MR) is 60.3 cm³/mol.